The number of nitrogens with two attached hydrogens (primary N) is 2. The molecule has 1 rings (SSSR count). The third kappa shape index (κ3) is 4.98. The summed E-state index contributed by atoms with van der Waals surface area (Å²) in [6.07, 6.45) is 0.614. The summed E-state index contributed by atoms with van der Waals surface area (Å²) >= 11 is 0. The van der Waals surface area contributed by atoms with Gasteiger partial charge >= 0.3 is 0 Å². The summed E-state index contributed by atoms with van der Waals surface area (Å²) in [4.78, 5) is 11.7. The van der Waals surface area contributed by atoms with Gasteiger partial charge in [-0.2, -0.15) is 0 Å². The van der Waals surface area contributed by atoms with Crippen LogP contribution in [-0.4, -0.2) is 20.9 Å². The zero-order valence-electron chi connectivity index (χ0n) is 10.8. The molecular formula is C12H19N3O3S. The maximum atomic E-state index is 11.7. The van der Waals surface area contributed by atoms with Crippen LogP contribution in [0.3, 0.4) is 0 Å². The van der Waals surface area contributed by atoms with Crippen LogP contribution in [0.5, 0.6) is 0 Å². The second kappa shape index (κ2) is 6.65. The molecule has 0 aliphatic carbocycles. The van der Waals surface area contributed by atoms with Gasteiger partial charge in [0.05, 0.1) is 4.90 Å². The lowest BCUT2D eigenvalue weighted by Gasteiger charge is -2.11. The van der Waals surface area contributed by atoms with Crippen LogP contribution in [0.25, 0.3) is 0 Å². The van der Waals surface area contributed by atoms with Crippen molar-refractivity contribution in [3.05, 3.63) is 29.8 Å². The average molecular weight is 285 g/mol. The highest BCUT2D eigenvalue weighted by molar-refractivity contribution is 7.89. The van der Waals surface area contributed by atoms with Crippen molar-refractivity contribution in [2.45, 2.75) is 24.8 Å². The lowest BCUT2D eigenvalue weighted by atomic mass is 10.1. The van der Waals surface area contributed by atoms with Crippen molar-refractivity contribution in [3.8, 4) is 0 Å². The highest BCUT2D eigenvalue weighted by Gasteiger charge is 2.12. The fraction of sp³-hybridized carbons (Fsp3) is 0.417. The number of primary sulfonamides is 1. The van der Waals surface area contributed by atoms with E-state index in [0.717, 1.165) is 0 Å². The minimum absolute atomic E-state index is 0.0363. The molecule has 1 aromatic carbocycles. The molecule has 1 amide bonds. The van der Waals surface area contributed by atoms with Gasteiger partial charge in [0.15, 0.2) is 0 Å². The molecule has 0 radical (unpaired) electrons. The van der Waals surface area contributed by atoms with Crippen molar-refractivity contribution in [2.24, 2.45) is 16.8 Å². The summed E-state index contributed by atoms with van der Waals surface area (Å²) in [7, 11) is -3.72. The van der Waals surface area contributed by atoms with Gasteiger partial charge in [-0.15, -0.1) is 0 Å². The van der Waals surface area contributed by atoms with Gasteiger partial charge in [0.2, 0.25) is 15.9 Å². The number of rotatable bonds is 6. The van der Waals surface area contributed by atoms with E-state index in [-0.39, 0.29) is 23.3 Å². The first kappa shape index (κ1) is 15.6. The molecule has 0 aliphatic rings. The summed E-state index contributed by atoms with van der Waals surface area (Å²) in [6, 6.07) is 6.17. The number of amides is 1. The standard InChI is InChI=1S/C12H19N3O3S/c1-9(5-6-13)12(16)15-8-10-3-2-4-11(7-10)19(14,17)18/h2-4,7,9H,5-6,8,13H2,1H3,(H,15,16)(H2,14,17,18). The number of hydrogen-bond donors (Lipinski definition) is 3. The topological polar surface area (TPSA) is 115 Å². The van der Waals surface area contributed by atoms with Crippen LogP contribution in [0.1, 0.15) is 18.9 Å². The third-order valence-electron chi connectivity index (χ3n) is 2.74. The van der Waals surface area contributed by atoms with E-state index in [9.17, 15) is 13.2 Å². The Bertz CT molecular complexity index is 543. The van der Waals surface area contributed by atoms with Crippen molar-refractivity contribution >= 4 is 15.9 Å². The van der Waals surface area contributed by atoms with Crippen LogP contribution in [0.4, 0.5) is 0 Å². The highest BCUT2D eigenvalue weighted by Crippen LogP contribution is 2.10. The number of benzene rings is 1. The Morgan fingerprint density at radius 2 is 2.11 bits per heavy atom. The fourth-order valence-electron chi connectivity index (χ4n) is 1.58. The molecule has 0 spiro atoms. The third-order valence-corrected chi connectivity index (χ3v) is 3.65. The van der Waals surface area contributed by atoms with E-state index in [1.165, 1.54) is 12.1 Å². The van der Waals surface area contributed by atoms with E-state index in [0.29, 0.717) is 18.5 Å². The molecule has 0 heterocycles. The number of sulfonamides is 1. The van der Waals surface area contributed by atoms with Crippen molar-refractivity contribution in [3.63, 3.8) is 0 Å². The quantitative estimate of drug-likeness (QED) is 0.678. The lowest BCUT2D eigenvalue weighted by molar-refractivity contribution is -0.124. The summed E-state index contributed by atoms with van der Waals surface area (Å²) < 4.78 is 22.4. The Labute approximate surface area is 113 Å². The second-order valence-corrected chi connectivity index (χ2v) is 5.95. The molecule has 6 nitrogen and oxygen atoms in total. The SMILES string of the molecule is CC(CCN)C(=O)NCc1cccc(S(N)(=O)=O)c1. The molecule has 1 aromatic rings. The van der Waals surface area contributed by atoms with Gasteiger partial charge in [0.1, 0.15) is 0 Å². The monoisotopic (exact) mass is 285 g/mol. The van der Waals surface area contributed by atoms with E-state index in [2.05, 4.69) is 5.32 Å². The molecule has 0 aromatic heterocycles. The zero-order chi connectivity index (χ0) is 14.5. The molecular weight excluding hydrogens is 266 g/mol. The van der Waals surface area contributed by atoms with Crippen LogP contribution in [0.2, 0.25) is 0 Å². The maximum Gasteiger partial charge on any atom is 0.238 e. The number of nitrogens with one attached hydrogen (secondary N) is 1. The van der Waals surface area contributed by atoms with Crippen LogP contribution in [0, 0.1) is 5.92 Å². The minimum atomic E-state index is -3.72. The Morgan fingerprint density at radius 3 is 2.68 bits per heavy atom. The van der Waals surface area contributed by atoms with Gasteiger partial charge in [-0.25, -0.2) is 13.6 Å². The molecule has 0 saturated carbocycles. The number of hydrogen-bond acceptors (Lipinski definition) is 4. The smallest absolute Gasteiger partial charge is 0.238 e. The number of carbonyl (C=O) groups is 1. The van der Waals surface area contributed by atoms with Crippen LogP contribution < -0.4 is 16.2 Å². The largest absolute Gasteiger partial charge is 0.352 e. The van der Waals surface area contributed by atoms with Gasteiger partial charge < -0.3 is 11.1 Å². The predicted molar refractivity (Wildman–Crippen MR) is 72.5 cm³/mol. The van der Waals surface area contributed by atoms with Crippen molar-refractivity contribution in [2.75, 3.05) is 6.54 Å². The second-order valence-electron chi connectivity index (χ2n) is 4.39. The van der Waals surface area contributed by atoms with E-state index < -0.39 is 10.0 Å². The maximum absolute atomic E-state index is 11.7. The van der Waals surface area contributed by atoms with Crippen LogP contribution in [0.15, 0.2) is 29.2 Å². The zero-order valence-corrected chi connectivity index (χ0v) is 11.6. The summed E-state index contributed by atoms with van der Waals surface area (Å²) in [5.41, 5.74) is 6.06. The summed E-state index contributed by atoms with van der Waals surface area (Å²) in [5, 5.41) is 7.77. The van der Waals surface area contributed by atoms with Gasteiger partial charge in [-0.05, 0) is 30.7 Å². The van der Waals surface area contributed by atoms with Crippen molar-refractivity contribution in [1.82, 2.24) is 5.32 Å². The van der Waals surface area contributed by atoms with Crippen LogP contribution in [-0.2, 0) is 21.4 Å². The molecule has 1 atom stereocenters. The van der Waals surface area contributed by atoms with Crippen molar-refractivity contribution in [1.29, 1.82) is 0 Å². The first-order chi connectivity index (χ1) is 8.84. The molecule has 5 N–H and O–H groups in total. The Hall–Kier alpha value is -1.44. The van der Waals surface area contributed by atoms with Gasteiger partial charge in [0, 0.05) is 12.5 Å². The van der Waals surface area contributed by atoms with E-state index in [1.807, 2.05) is 0 Å². The van der Waals surface area contributed by atoms with E-state index >= 15 is 0 Å². The first-order valence-electron chi connectivity index (χ1n) is 5.94. The molecule has 106 valence electrons. The molecule has 19 heavy (non-hydrogen) atoms. The van der Waals surface area contributed by atoms with E-state index in [1.54, 1.807) is 19.1 Å². The number of carbonyl (C=O) groups excluding carboxylic acids is 1. The summed E-state index contributed by atoms with van der Waals surface area (Å²) in [5.74, 6) is -0.266. The molecule has 0 bridgehead atoms. The normalized spacial score (nSPS) is 13.0. The van der Waals surface area contributed by atoms with Crippen molar-refractivity contribution < 1.29 is 13.2 Å². The molecule has 0 aliphatic heterocycles. The predicted octanol–water partition coefficient (Wildman–Crippen LogP) is -0.0649. The Morgan fingerprint density at radius 1 is 1.42 bits per heavy atom. The fourth-order valence-corrected chi connectivity index (χ4v) is 2.16. The van der Waals surface area contributed by atoms with E-state index in [4.69, 9.17) is 10.9 Å². The molecule has 0 saturated heterocycles. The Kier molecular flexibility index (Phi) is 5.46. The summed E-state index contributed by atoms with van der Waals surface area (Å²) in [6.45, 7) is 2.51. The van der Waals surface area contributed by atoms with Gasteiger partial charge in [-0.3, -0.25) is 4.79 Å². The van der Waals surface area contributed by atoms with Crippen LogP contribution >= 0.6 is 0 Å². The Balaban J connectivity index is 2.66. The minimum Gasteiger partial charge on any atom is -0.352 e. The van der Waals surface area contributed by atoms with Gasteiger partial charge in [0.25, 0.3) is 0 Å². The highest BCUT2D eigenvalue weighted by atomic mass is 32.2. The lowest BCUT2D eigenvalue weighted by Crippen LogP contribution is -2.30. The molecule has 7 heteroatoms. The average Bonchev–Trinajstić information content (AvgIpc) is 2.35. The molecule has 0 fully saturated rings. The molecule has 1 unspecified atom stereocenters. The van der Waals surface area contributed by atoms with Gasteiger partial charge in [-0.1, -0.05) is 19.1 Å². The first-order valence-corrected chi connectivity index (χ1v) is 7.48.